The Labute approximate surface area is 144 Å². The molecular weight excluding hydrogens is 359 g/mol. The first-order valence-electron chi connectivity index (χ1n) is 6.88. The lowest BCUT2D eigenvalue weighted by Gasteiger charge is -2.11. The smallest absolute Gasteiger partial charge is 0.475 e. The van der Waals surface area contributed by atoms with Crippen molar-refractivity contribution in [3.63, 3.8) is 0 Å². The third-order valence-electron chi connectivity index (χ3n) is 3.19. The van der Waals surface area contributed by atoms with E-state index in [1.807, 2.05) is 0 Å². The van der Waals surface area contributed by atoms with Crippen LogP contribution in [-0.4, -0.2) is 29.8 Å². The Balaban J connectivity index is 2.17. The van der Waals surface area contributed by atoms with Crippen molar-refractivity contribution in [3.05, 3.63) is 48.0 Å². The SMILES string of the molecule is COc1ccc(C(=O)Nc2ccc([S@](=O)C(F)(F)F)cc2)c(OC)c1. The first kappa shape index (κ1) is 18.8. The van der Waals surface area contributed by atoms with Crippen LogP contribution in [0.4, 0.5) is 18.9 Å². The molecule has 2 aromatic rings. The number of benzene rings is 2. The van der Waals surface area contributed by atoms with Crippen LogP contribution >= 0.6 is 0 Å². The topological polar surface area (TPSA) is 64.6 Å². The number of anilines is 1. The monoisotopic (exact) mass is 373 g/mol. The summed E-state index contributed by atoms with van der Waals surface area (Å²) in [5.74, 6) is 0.281. The minimum Gasteiger partial charge on any atom is -0.497 e. The number of amides is 1. The third-order valence-corrected chi connectivity index (χ3v) is 4.31. The Kier molecular flexibility index (Phi) is 5.68. The van der Waals surface area contributed by atoms with Crippen molar-refractivity contribution >= 4 is 22.4 Å². The lowest BCUT2D eigenvalue weighted by atomic mass is 10.1. The Morgan fingerprint density at radius 2 is 1.68 bits per heavy atom. The zero-order valence-electron chi connectivity index (χ0n) is 13.2. The van der Waals surface area contributed by atoms with Gasteiger partial charge >= 0.3 is 5.51 Å². The molecule has 0 aromatic heterocycles. The van der Waals surface area contributed by atoms with Crippen molar-refractivity contribution in [2.45, 2.75) is 10.4 Å². The molecule has 0 heterocycles. The van der Waals surface area contributed by atoms with Crippen LogP contribution in [0.25, 0.3) is 0 Å². The highest BCUT2D eigenvalue weighted by Crippen LogP contribution is 2.28. The number of methoxy groups -OCH3 is 2. The normalized spacial score (nSPS) is 12.4. The molecule has 0 unspecified atom stereocenters. The maximum absolute atomic E-state index is 12.4. The number of alkyl halides is 3. The molecule has 0 aliphatic heterocycles. The zero-order chi connectivity index (χ0) is 18.6. The van der Waals surface area contributed by atoms with E-state index in [1.54, 1.807) is 6.07 Å². The fourth-order valence-corrected chi connectivity index (χ4v) is 2.63. The summed E-state index contributed by atoms with van der Waals surface area (Å²) >= 11 is 0. The van der Waals surface area contributed by atoms with Gasteiger partial charge in [-0.1, -0.05) is 0 Å². The van der Waals surface area contributed by atoms with Crippen molar-refractivity contribution in [1.82, 2.24) is 0 Å². The highest BCUT2D eigenvalue weighted by molar-refractivity contribution is 7.86. The number of carbonyl (C=O) groups excluding carboxylic acids is 1. The van der Waals surface area contributed by atoms with Crippen LogP contribution in [0.5, 0.6) is 11.5 Å². The van der Waals surface area contributed by atoms with Gasteiger partial charge in [-0.25, -0.2) is 4.21 Å². The van der Waals surface area contributed by atoms with Gasteiger partial charge in [-0.3, -0.25) is 4.79 Å². The van der Waals surface area contributed by atoms with Crippen LogP contribution in [0.15, 0.2) is 47.4 Å². The van der Waals surface area contributed by atoms with E-state index in [4.69, 9.17) is 9.47 Å². The predicted molar refractivity (Wildman–Crippen MR) is 86.4 cm³/mol. The summed E-state index contributed by atoms with van der Waals surface area (Å²) in [7, 11) is -0.244. The van der Waals surface area contributed by atoms with Crippen molar-refractivity contribution in [1.29, 1.82) is 0 Å². The van der Waals surface area contributed by atoms with E-state index in [0.29, 0.717) is 5.75 Å². The minimum absolute atomic E-state index is 0.228. The highest BCUT2D eigenvalue weighted by atomic mass is 32.2. The number of halogens is 3. The number of ether oxygens (including phenoxy) is 2. The summed E-state index contributed by atoms with van der Waals surface area (Å²) in [6.07, 6.45) is 0. The number of nitrogens with one attached hydrogen (secondary N) is 1. The van der Waals surface area contributed by atoms with E-state index in [-0.39, 0.29) is 17.0 Å². The number of carbonyl (C=O) groups is 1. The van der Waals surface area contributed by atoms with Crippen molar-refractivity contribution in [3.8, 4) is 11.5 Å². The molecule has 0 bridgehead atoms. The van der Waals surface area contributed by atoms with Gasteiger partial charge in [0, 0.05) is 16.6 Å². The van der Waals surface area contributed by atoms with E-state index < -0.39 is 27.1 Å². The quantitative estimate of drug-likeness (QED) is 0.870. The van der Waals surface area contributed by atoms with Crippen LogP contribution in [-0.2, 0) is 10.8 Å². The van der Waals surface area contributed by atoms with Gasteiger partial charge in [-0.2, -0.15) is 13.2 Å². The fourth-order valence-electron chi connectivity index (χ4n) is 1.98. The molecule has 0 saturated heterocycles. The third kappa shape index (κ3) is 4.50. The number of rotatable bonds is 5. The molecule has 25 heavy (non-hydrogen) atoms. The number of hydrogen-bond donors (Lipinski definition) is 1. The van der Waals surface area contributed by atoms with Gasteiger partial charge in [-0.05, 0) is 36.4 Å². The van der Waals surface area contributed by atoms with E-state index in [2.05, 4.69) is 5.32 Å². The molecule has 1 atom stereocenters. The van der Waals surface area contributed by atoms with E-state index >= 15 is 0 Å². The average Bonchev–Trinajstić information content (AvgIpc) is 2.60. The van der Waals surface area contributed by atoms with Gasteiger partial charge in [-0.15, -0.1) is 0 Å². The molecule has 134 valence electrons. The van der Waals surface area contributed by atoms with Gasteiger partial charge in [0.15, 0.2) is 10.8 Å². The molecular formula is C16H14F3NO4S. The van der Waals surface area contributed by atoms with Crippen LogP contribution < -0.4 is 14.8 Å². The second-order valence-electron chi connectivity index (χ2n) is 4.76. The molecule has 9 heteroatoms. The van der Waals surface area contributed by atoms with Gasteiger partial charge in [0.2, 0.25) is 0 Å². The lowest BCUT2D eigenvalue weighted by Crippen LogP contribution is -2.16. The zero-order valence-corrected chi connectivity index (χ0v) is 14.0. The maximum atomic E-state index is 12.4. The summed E-state index contributed by atoms with van der Waals surface area (Å²) in [5, 5.41) is 2.54. The van der Waals surface area contributed by atoms with Crippen molar-refractivity contribution < 1.29 is 31.6 Å². The van der Waals surface area contributed by atoms with Gasteiger partial charge in [0.25, 0.3) is 5.91 Å². The second kappa shape index (κ2) is 7.56. The molecule has 0 aliphatic rings. The highest BCUT2D eigenvalue weighted by Gasteiger charge is 2.37. The maximum Gasteiger partial charge on any atom is 0.475 e. The van der Waals surface area contributed by atoms with Crippen molar-refractivity contribution in [2.75, 3.05) is 19.5 Å². The summed E-state index contributed by atoms with van der Waals surface area (Å²) < 4.78 is 58.7. The van der Waals surface area contributed by atoms with Crippen LogP contribution in [0, 0.1) is 0 Å². The molecule has 2 aromatic carbocycles. The molecule has 0 radical (unpaired) electrons. The first-order valence-corrected chi connectivity index (χ1v) is 8.03. The first-order chi connectivity index (χ1) is 11.8. The largest absolute Gasteiger partial charge is 0.497 e. The second-order valence-corrected chi connectivity index (χ2v) is 6.23. The molecule has 0 saturated carbocycles. The Morgan fingerprint density at radius 1 is 1.04 bits per heavy atom. The number of hydrogen-bond acceptors (Lipinski definition) is 4. The Hall–Kier alpha value is -2.55. The van der Waals surface area contributed by atoms with Crippen molar-refractivity contribution in [2.24, 2.45) is 0 Å². The molecule has 2 rings (SSSR count). The van der Waals surface area contributed by atoms with Gasteiger partial charge < -0.3 is 14.8 Å². The fraction of sp³-hybridized carbons (Fsp3) is 0.188. The minimum atomic E-state index is -4.83. The van der Waals surface area contributed by atoms with E-state index in [0.717, 1.165) is 12.1 Å². The van der Waals surface area contributed by atoms with E-state index in [9.17, 15) is 22.2 Å². The summed E-state index contributed by atoms with van der Waals surface area (Å²) in [6.45, 7) is 0. The average molecular weight is 373 g/mol. The van der Waals surface area contributed by atoms with Gasteiger partial charge in [0.1, 0.15) is 11.5 Å². The molecule has 0 fully saturated rings. The molecule has 5 nitrogen and oxygen atoms in total. The molecule has 1 amide bonds. The molecule has 0 spiro atoms. The molecule has 0 aliphatic carbocycles. The standard InChI is InChI=1S/C16H14F3NO4S/c1-23-11-5-8-13(14(9-11)24-2)15(21)20-10-3-6-12(7-4-10)25(22)16(17,18)19/h3-9H,1-2H3,(H,20,21)/t25-/m0/s1. The van der Waals surface area contributed by atoms with E-state index in [1.165, 1.54) is 38.5 Å². The predicted octanol–water partition coefficient (Wildman–Crippen LogP) is 3.58. The summed E-state index contributed by atoms with van der Waals surface area (Å²) in [6, 6.07) is 9.19. The molecule has 1 N–H and O–H groups in total. The lowest BCUT2D eigenvalue weighted by molar-refractivity contribution is -0.0384. The van der Waals surface area contributed by atoms with Gasteiger partial charge in [0.05, 0.1) is 19.8 Å². The summed E-state index contributed by atoms with van der Waals surface area (Å²) in [4.78, 5) is 11.9. The van der Waals surface area contributed by atoms with Crippen LogP contribution in [0.3, 0.4) is 0 Å². The summed E-state index contributed by atoms with van der Waals surface area (Å²) in [5.41, 5.74) is -4.35. The van der Waals surface area contributed by atoms with Crippen LogP contribution in [0.1, 0.15) is 10.4 Å². The Bertz CT molecular complexity index is 791. The van der Waals surface area contributed by atoms with Crippen LogP contribution in [0.2, 0.25) is 0 Å². The Morgan fingerprint density at radius 3 is 2.20 bits per heavy atom.